The maximum atomic E-state index is 4.27. The fourth-order valence-corrected chi connectivity index (χ4v) is 1.50. The minimum absolute atomic E-state index is 0.941. The van der Waals surface area contributed by atoms with Crippen LogP contribution in [0.1, 0.15) is 11.6 Å². The molecule has 2 aromatic heterocycles. The summed E-state index contributed by atoms with van der Waals surface area (Å²) in [5.74, 6) is 2.16. The zero-order valence-corrected chi connectivity index (χ0v) is 8.51. The molecule has 2 heterocycles. The van der Waals surface area contributed by atoms with E-state index >= 15 is 0 Å². The molecule has 4 nitrogen and oxygen atoms in total. The van der Waals surface area contributed by atoms with Crippen LogP contribution >= 0.6 is 0 Å². The van der Waals surface area contributed by atoms with Crippen molar-refractivity contribution in [3.8, 4) is 0 Å². The van der Waals surface area contributed by atoms with Crippen molar-refractivity contribution in [2.75, 3.05) is 0 Å². The van der Waals surface area contributed by atoms with Crippen LogP contribution in [-0.4, -0.2) is 19.1 Å². The second kappa shape index (κ2) is 3.65. The number of rotatable bonds is 3. The van der Waals surface area contributed by atoms with E-state index in [1.165, 1.54) is 0 Å². The fraction of sp³-hybridized carbons (Fsp3) is 0.400. The van der Waals surface area contributed by atoms with E-state index in [4.69, 9.17) is 0 Å². The molecule has 0 aliphatic carbocycles. The topological polar surface area (TPSA) is 35.6 Å². The summed E-state index contributed by atoms with van der Waals surface area (Å²) in [4.78, 5) is 8.45. The van der Waals surface area contributed by atoms with Crippen LogP contribution in [-0.2, 0) is 20.0 Å². The fourth-order valence-electron chi connectivity index (χ4n) is 1.50. The summed E-state index contributed by atoms with van der Waals surface area (Å²) in [5.41, 5.74) is 0. The normalized spacial score (nSPS) is 10.7. The van der Waals surface area contributed by atoms with Gasteiger partial charge in [0, 0.05) is 44.8 Å². The zero-order valence-electron chi connectivity index (χ0n) is 8.51. The van der Waals surface area contributed by atoms with Crippen molar-refractivity contribution in [1.29, 1.82) is 0 Å². The lowest BCUT2D eigenvalue weighted by molar-refractivity contribution is 0.635. The van der Waals surface area contributed by atoms with E-state index in [1.807, 2.05) is 43.3 Å². The van der Waals surface area contributed by atoms with E-state index in [1.54, 1.807) is 0 Å². The van der Waals surface area contributed by atoms with Crippen molar-refractivity contribution < 1.29 is 0 Å². The lowest BCUT2D eigenvalue weighted by Crippen LogP contribution is -2.06. The highest BCUT2D eigenvalue weighted by Gasteiger charge is 2.01. The van der Waals surface area contributed by atoms with Crippen LogP contribution in [0, 0.1) is 6.92 Å². The molecule has 0 spiro atoms. The number of aryl methyl sites for hydroxylation is 4. The van der Waals surface area contributed by atoms with Gasteiger partial charge >= 0.3 is 0 Å². The molecule has 4 heteroatoms. The second-order valence-electron chi connectivity index (χ2n) is 3.37. The summed E-state index contributed by atoms with van der Waals surface area (Å²) in [5, 5.41) is 0. The Morgan fingerprint density at radius 2 is 2.00 bits per heavy atom. The molecule has 0 fully saturated rings. The molecular formula is C10H14N4. The minimum atomic E-state index is 0.941. The molecule has 0 radical (unpaired) electrons. The Morgan fingerprint density at radius 3 is 2.57 bits per heavy atom. The van der Waals surface area contributed by atoms with Gasteiger partial charge in [0.25, 0.3) is 0 Å². The van der Waals surface area contributed by atoms with Crippen LogP contribution in [0.2, 0.25) is 0 Å². The van der Waals surface area contributed by atoms with Gasteiger partial charge in [-0.05, 0) is 6.92 Å². The molecule has 0 aliphatic heterocycles. The van der Waals surface area contributed by atoms with Crippen molar-refractivity contribution in [2.24, 2.45) is 7.05 Å². The Bertz CT molecular complexity index is 373. The van der Waals surface area contributed by atoms with E-state index in [0.29, 0.717) is 0 Å². The molecule has 0 unspecified atom stereocenters. The molecule has 2 aromatic rings. The molecule has 0 amide bonds. The molecule has 0 saturated heterocycles. The third-order valence-electron chi connectivity index (χ3n) is 2.42. The summed E-state index contributed by atoms with van der Waals surface area (Å²) in [7, 11) is 2.02. The molecule has 0 atom stereocenters. The van der Waals surface area contributed by atoms with Gasteiger partial charge in [-0.3, -0.25) is 0 Å². The first-order valence-corrected chi connectivity index (χ1v) is 4.71. The van der Waals surface area contributed by atoms with Crippen molar-refractivity contribution in [3.05, 3.63) is 36.4 Å². The van der Waals surface area contributed by atoms with Gasteiger partial charge in [-0.15, -0.1) is 0 Å². The third kappa shape index (κ3) is 1.69. The van der Waals surface area contributed by atoms with E-state index in [2.05, 4.69) is 14.5 Å². The number of aromatic nitrogens is 4. The highest BCUT2D eigenvalue weighted by molar-refractivity contribution is 4.94. The molecule has 0 aliphatic rings. The molecule has 0 aromatic carbocycles. The summed E-state index contributed by atoms with van der Waals surface area (Å²) in [6.07, 6.45) is 8.57. The van der Waals surface area contributed by atoms with Crippen molar-refractivity contribution in [3.63, 3.8) is 0 Å². The van der Waals surface area contributed by atoms with Gasteiger partial charge < -0.3 is 9.13 Å². The molecular weight excluding hydrogens is 176 g/mol. The van der Waals surface area contributed by atoms with Crippen LogP contribution in [0.15, 0.2) is 24.8 Å². The maximum absolute atomic E-state index is 4.27. The van der Waals surface area contributed by atoms with Gasteiger partial charge in [-0.2, -0.15) is 0 Å². The van der Waals surface area contributed by atoms with Crippen LogP contribution in [0.25, 0.3) is 0 Å². The summed E-state index contributed by atoms with van der Waals surface area (Å²) < 4.78 is 4.18. The Labute approximate surface area is 83.2 Å². The number of hydrogen-bond acceptors (Lipinski definition) is 2. The zero-order chi connectivity index (χ0) is 9.97. The predicted molar refractivity (Wildman–Crippen MR) is 53.9 cm³/mol. The van der Waals surface area contributed by atoms with Crippen LogP contribution in [0.4, 0.5) is 0 Å². The molecule has 0 N–H and O–H groups in total. The molecule has 74 valence electrons. The van der Waals surface area contributed by atoms with Crippen LogP contribution < -0.4 is 0 Å². The first-order chi connectivity index (χ1) is 6.77. The molecule has 0 bridgehead atoms. The van der Waals surface area contributed by atoms with Gasteiger partial charge in [-0.25, -0.2) is 9.97 Å². The smallest absolute Gasteiger partial charge is 0.110 e. The summed E-state index contributed by atoms with van der Waals surface area (Å²) in [6, 6.07) is 0. The average Bonchev–Trinajstić information content (AvgIpc) is 2.72. The minimum Gasteiger partial charge on any atom is -0.338 e. The molecule has 14 heavy (non-hydrogen) atoms. The monoisotopic (exact) mass is 190 g/mol. The largest absolute Gasteiger partial charge is 0.338 e. The SMILES string of the molecule is Cc1nccn1CCc1nccn1C. The Kier molecular flexibility index (Phi) is 2.35. The van der Waals surface area contributed by atoms with Crippen molar-refractivity contribution in [1.82, 2.24) is 19.1 Å². The second-order valence-corrected chi connectivity index (χ2v) is 3.37. The predicted octanol–water partition coefficient (Wildman–Crippen LogP) is 1.17. The average molecular weight is 190 g/mol. The van der Waals surface area contributed by atoms with Crippen LogP contribution in [0.5, 0.6) is 0 Å². The number of imidazole rings is 2. The van der Waals surface area contributed by atoms with Crippen LogP contribution in [0.3, 0.4) is 0 Å². The Morgan fingerprint density at radius 1 is 1.21 bits per heavy atom. The standard InChI is InChI=1S/C10H14N4/c1-9-11-5-8-14(9)6-3-10-12-4-7-13(10)2/h4-5,7-8H,3,6H2,1-2H3. The molecule has 2 rings (SSSR count). The first kappa shape index (κ1) is 8.99. The third-order valence-corrected chi connectivity index (χ3v) is 2.42. The van der Waals surface area contributed by atoms with Crippen molar-refractivity contribution in [2.45, 2.75) is 19.9 Å². The highest BCUT2D eigenvalue weighted by atomic mass is 15.1. The first-order valence-electron chi connectivity index (χ1n) is 4.71. The number of nitrogens with zero attached hydrogens (tertiary/aromatic N) is 4. The van der Waals surface area contributed by atoms with Gasteiger partial charge in [0.1, 0.15) is 11.6 Å². The van der Waals surface area contributed by atoms with Crippen molar-refractivity contribution >= 4 is 0 Å². The van der Waals surface area contributed by atoms with Gasteiger partial charge in [-0.1, -0.05) is 0 Å². The highest BCUT2D eigenvalue weighted by Crippen LogP contribution is 2.00. The lowest BCUT2D eigenvalue weighted by atomic mass is 10.4. The van der Waals surface area contributed by atoms with Gasteiger partial charge in [0.05, 0.1) is 0 Å². The quantitative estimate of drug-likeness (QED) is 0.728. The lowest BCUT2D eigenvalue weighted by Gasteiger charge is -2.04. The van der Waals surface area contributed by atoms with E-state index in [0.717, 1.165) is 24.6 Å². The van der Waals surface area contributed by atoms with E-state index < -0.39 is 0 Å². The van der Waals surface area contributed by atoms with E-state index in [9.17, 15) is 0 Å². The summed E-state index contributed by atoms with van der Waals surface area (Å²) >= 11 is 0. The maximum Gasteiger partial charge on any atom is 0.110 e. The Hall–Kier alpha value is -1.58. The van der Waals surface area contributed by atoms with Gasteiger partial charge in [0.15, 0.2) is 0 Å². The molecule has 0 saturated carbocycles. The Balaban J connectivity index is 2.02. The summed E-state index contributed by atoms with van der Waals surface area (Å²) in [6.45, 7) is 2.95. The van der Waals surface area contributed by atoms with Gasteiger partial charge in [0.2, 0.25) is 0 Å². The number of hydrogen-bond donors (Lipinski definition) is 0. The van der Waals surface area contributed by atoms with E-state index in [-0.39, 0.29) is 0 Å².